The first-order chi connectivity index (χ1) is 18.0. The molecule has 0 aromatic heterocycles. The smallest absolute Gasteiger partial charge is 1.00 e. The molecule has 0 spiro atoms. The molecule has 8 rings (SSSR count). The normalized spacial score (nSPS) is 29.6. The molecule has 4 saturated carbocycles. The van der Waals surface area contributed by atoms with E-state index in [2.05, 4.69) is 91.0 Å². The summed E-state index contributed by atoms with van der Waals surface area (Å²) in [5.74, 6) is 4.99. The maximum Gasteiger partial charge on any atom is -1.00 e. The van der Waals surface area contributed by atoms with E-state index >= 15 is 0 Å². The standard InChI is InChI=1S/C21H25.C16H21.2ClH.Zr/c1-20(2,3)16-7-9-18-14(12-16)11-15-13-17(21(4,5)6)8-10-19(15)18;1-10-2-3-13(4-10)16-14-6-11-5-12(8-14)9-15(16)7-11;;;/h7-10,12H,11H2,1-6H3;2-4,11-12,14-16H,5-9H2,1H3;2*1H;/q;;;;+2/p-2. The number of fused-ring (bicyclic) bond motifs is 3. The van der Waals surface area contributed by atoms with Crippen LogP contribution in [0, 0.1) is 29.6 Å². The summed E-state index contributed by atoms with van der Waals surface area (Å²) >= 11 is -0.873. The molecule has 212 valence electrons. The Labute approximate surface area is 267 Å². The van der Waals surface area contributed by atoms with Gasteiger partial charge in [-0.2, -0.15) is 0 Å². The topological polar surface area (TPSA) is 0 Å². The molecule has 1 unspecified atom stereocenters. The summed E-state index contributed by atoms with van der Waals surface area (Å²) in [6.07, 6.45) is 14.3. The number of hydrogen-bond acceptors (Lipinski definition) is 0. The van der Waals surface area contributed by atoms with Gasteiger partial charge >= 0.3 is 245 Å². The molecule has 0 N–H and O–H groups in total. The van der Waals surface area contributed by atoms with Crippen LogP contribution in [-0.2, 0) is 40.5 Å². The summed E-state index contributed by atoms with van der Waals surface area (Å²) in [5.41, 5.74) is 13.2. The second-order valence-electron chi connectivity index (χ2n) is 15.7. The van der Waals surface area contributed by atoms with Crippen LogP contribution in [-0.4, -0.2) is 0 Å². The summed E-state index contributed by atoms with van der Waals surface area (Å²) in [6, 6.07) is 12.3. The number of benzene rings is 2. The van der Waals surface area contributed by atoms with Crippen molar-refractivity contribution in [2.75, 3.05) is 0 Å². The molecule has 2 aromatic carbocycles. The van der Waals surface area contributed by atoms with E-state index in [-0.39, 0.29) is 35.6 Å². The maximum atomic E-state index is 2.82. The van der Waals surface area contributed by atoms with Gasteiger partial charge in [0.15, 0.2) is 0 Å². The fourth-order valence-electron chi connectivity index (χ4n) is 9.25. The van der Waals surface area contributed by atoms with E-state index in [0.29, 0.717) is 0 Å². The maximum absolute atomic E-state index is 2.82. The van der Waals surface area contributed by atoms with Gasteiger partial charge in [0, 0.05) is 0 Å². The Morgan fingerprint density at radius 2 is 1.38 bits per heavy atom. The summed E-state index contributed by atoms with van der Waals surface area (Å²) in [7, 11) is 0. The molecule has 2 aromatic rings. The van der Waals surface area contributed by atoms with Crippen molar-refractivity contribution in [1.82, 2.24) is 0 Å². The van der Waals surface area contributed by atoms with Crippen molar-refractivity contribution in [3.05, 3.63) is 75.9 Å². The van der Waals surface area contributed by atoms with Gasteiger partial charge in [-0.25, -0.2) is 0 Å². The van der Waals surface area contributed by atoms with Crippen molar-refractivity contribution in [2.45, 2.75) is 101 Å². The van der Waals surface area contributed by atoms with Crippen molar-refractivity contribution in [3.63, 3.8) is 0 Å². The molecule has 0 aliphatic heterocycles. The predicted octanol–water partition coefficient (Wildman–Crippen LogP) is 3.32. The molecule has 0 saturated heterocycles. The van der Waals surface area contributed by atoms with Gasteiger partial charge < -0.3 is 24.8 Å². The number of hydrogen-bond donors (Lipinski definition) is 0. The van der Waals surface area contributed by atoms with Crippen molar-refractivity contribution >= 4 is 3.27 Å². The van der Waals surface area contributed by atoms with Crippen LogP contribution >= 0.6 is 0 Å². The second kappa shape index (κ2) is 10.8. The van der Waals surface area contributed by atoms with Crippen molar-refractivity contribution in [3.8, 4) is 11.1 Å². The molecule has 4 bridgehead atoms. The third kappa shape index (κ3) is 5.22. The van der Waals surface area contributed by atoms with Crippen LogP contribution in [0.3, 0.4) is 0 Å². The molecular formula is C37H46Cl2Zr. The molecule has 0 amide bonds. The zero-order chi connectivity index (χ0) is 26.6. The molecule has 0 nitrogen and oxygen atoms in total. The van der Waals surface area contributed by atoms with Crippen LogP contribution in [0.15, 0.2) is 53.6 Å². The van der Waals surface area contributed by atoms with Crippen LogP contribution in [0.2, 0.25) is 3.63 Å². The van der Waals surface area contributed by atoms with Crippen LogP contribution in [0.4, 0.5) is 0 Å². The van der Waals surface area contributed by atoms with Gasteiger partial charge in [-0.15, -0.1) is 0 Å². The zero-order valence-corrected chi connectivity index (χ0v) is 29.5. The summed E-state index contributed by atoms with van der Waals surface area (Å²) in [6.45, 7) is 16.8. The molecule has 40 heavy (non-hydrogen) atoms. The van der Waals surface area contributed by atoms with Crippen molar-refractivity contribution in [1.29, 1.82) is 0 Å². The van der Waals surface area contributed by atoms with Gasteiger partial charge in [0.05, 0.1) is 0 Å². The molecule has 6 aliphatic rings. The Kier molecular flexibility index (Phi) is 8.35. The van der Waals surface area contributed by atoms with Crippen LogP contribution in [0.5, 0.6) is 0 Å². The minimum absolute atomic E-state index is 0. The van der Waals surface area contributed by atoms with Crippen LogP contribution < -0.4 is 28.1 Å². The Balaban J connectivity index is 0.00000161. The Morgan fingerprint density at radius 3 is 1.98 bits per heavy atom. The first kappa shape index (κ1) is 30.8. The van der Waals surface area contributed by atoms with Gasteiger partial charge in [0.1, 0.15) is 0 Å². The summed E-state index contributed by atoms with van der Waals surface area (Å²) in [5, 5.41) is 0. The van der Waals surface area contributed by atoms with E-state index in [1.807, 2.05) is 3.27 Å². The third-order valence-corrected chi connectivity index (χ3v) is 15.3. The SMILES string of the molecule is CC1=CC(C2C3CC4CC(C3)CC2C4)=C[CH]1[Zr+2][c]1c(C(C)(C)C)ccc2c1Cc1cc(C(C)(C)C)ccc1-2.[Cl-].[Cl-]. The average molecular weight is 653 g/mol. The number of halogens is 2. The van der Waals surface area contributed by atoms with E-state index < -0.39 is 23.2 Å². The first-order valence-corrected chi connectivity index (χ1v) is 18.1. The summed E-state index contributed by atoms with van der Waals surface area (Å²) in [4.78, 5) is 0. The van der Waals surface area contributed by atoms with E-state index in [1.54, 1.807) is 34.3 Å². The van der Waals surface area contributed by atoms with E-state index in [4.69, 9.17) is 0 Å². The quantitative estimate of drug-likeness (QED) is 0.408. The Hall–Kier alpha value is -0.617. The fraction of sp³-hybridized carbons (Fsp3) is 0.568. The molecule has 0 heterocycles. The van der Waals surface area contributed by atoms with E-state index in [1.165, 1.54) is 42.4 Å². The van der Waals surface area contributed by atoms with Gasteiger partial charge in [-0.1, -0.05) is 0 Å². The molecule has 4 fully saturated rings. The molecular weight excluding hydrogens is 607 g/mol. The van der Waals surface area contributed by atoms with Crippen LogP contribution in [0.25, 0.3) is 11.1 Å². The molecule has 3 heteroatoms. The van der Waals surface area contributed by atoms with E-state index in [0.717, 1.165) is 39.6 Å². The number of allylic oxidation sites excluding steroid dienone is 4. The Bertz CT molecular complexity index is 1340. The van der Waals surface area contributed by atoms with Crippen molar-refractivity contribution in [2.24, 2.45) is 29.6 Å². The number of rotatable bonds is 3. The third-order valence-electron chi connectivity index (χ3n) is 10.9. The minimum atomic E-state index is -0.873. The van der Waals surface area contributed by atoms with Gasteiger partial charge in [0.2, 0.25) is 0 Å². The second-order valence-corrected chi connectivity index (χ2v) is 19.2. The average Bonchev–Trinajstić information content (AvgIpc) is 3.37. The van der Waals surface area contributed by atoms with Gasteiger partial charge in [0.25, 0.3) is 0 Å². The largest absolute Gasteiger partial charge is 1.00 e. The molecule has 0 radical (unpaired) electrons. The van der Waals surface area contributed by atoms with Crippen LogP contribution in [0.1, 0.15) is 103 Å². The van der Waals surface area contributed by atoms with Crippen molar-refractivity contribution < 1.29 is 48.0 Å². The predicted molar refractivity (Wildman–Crippen MR) is 158 cm³/mol. The minimum Gasteiger partial charge on any atom is -1.00 e. The van der Waals surface area contributed by atoms with Gasteiger partial charge in [-0.3, -0.25) is 0 Å². The zero-order valence-electron chi connectivity index (χ0n) is 25.5. The monoisotopic (exact) mass is 650 g/mol. The molecule has 1 atom stereocenters. The van der Waals surface area contributed by atoms with Gasteiger partial charge in [-0.05, 0) is 0 Å². The first-order valence-electron chi connectivity index (χ1n) is 15.4. The fourth-order valence-corrected chi connectivity index (χ4v) is 13.9. The Morgan fingerprint density at radius 1 is 0.750 bits per heavy atom. The summed E-state index contributed by atoms with van der Waals surface area (Å²) < 4.78 is 2.54. The van der Waals surface area contributed by atoms with E-state index in [9.17, 15) is 0 Å². The molecule has 6 aliphatic carbocycles.